The van der Waals surface area contributed by atoms with Crippen molar-refractivity contribution >= 4 is 50.9 Å². The quantitative estimate of drug-likeness (QED) is 0.382. The van der Waals surface area contributed by atoms with Crippen LogP contribution in [0.5, 0.6) is 0 Å². The average molecular weight is 426 g/mol. The highest BCUT2D eigenvalue weighted by atomic mass is 32.1. The van der Waals surface area contributed by atoms with E-state index < -0.39 is 23.6 Å². The van der Waals surface area contributed by atoms with E-state index in [4.69, 9.17) is 5.73 Å². The normalized spacial score (nSPS) is 12.0. The Hall–Kier alpha value is -3.44. The molecule has 4 rings (SSSR count). The van der Waals surface area contributed by atoms with Gasteiger partial charge in [-0.3, -0.25) is 19.4 Å². The molecule has 0 radical (unpaired) electrons. The second kappa shape index (κ2) is 7.89. The maximum absolute atomic E-state index is 12.8. The molecule has 0 saturated heterocycles. The number of carbonyl (C=O) groups is 3. The van der Waals surface area contributed by atoms with Crippen molar-refractivity contribution in [1.29, 1.82) is 0 Å². The van der Waals surface area contributed by atoms with Crippen molar-refractivity contribution in [3.63, 3.8) is 0 Å². The maximum Gasteiger partial charge on any atom is 0.287 e. The van der Waals surface area contributed by atoms with Gasteiger partial charge >= 0.3 is 0 Å². The summed E-state index contributed by atoms with van der Waals surface area (Å²) in [4.78, 5) is 44.9. The van der Waals surface area contributed by atoms with Crippen LogP contribution in [0.2, 0.25) is 0 Å². The zero-order valence-electron chi connectivity index (χ0n) is 14.8. The monoisotopic (exact) mass is 426 g/mol. The van der Waals surface area contributed by atoms with Crippen molar-refractivity contribution in [1.82, 2.24) is 24.0 Å². The first-order valence-electron chi connectivity index (χ1n) is 8.46. The summed E-state index contributed by atoms with van der Waals surface area (Å²) in [7, 11) is 0. The third-order valence-electron chi connectivity index (χ3n) is 4.27. The summed E-state index contributed by atoms with van der Waals surface area (Å²) >= 11 is 2.33. The third-order valence-corrected chi connectivity index (χ3v) is 5.78. The molecule has 0 aromatic carbocycles. The van der Waals surface area contributed by atoms with Crippen LogP contribution in [0, 0.1) is 0 Å². The zero-order valence-corrected chi connectivity index (χ0v) is 16.4. The summed E-state index contributed by atoms with van der Waals surface area (Å²) in [6, 6.07) is 5.96. The van der Waals surface area contributed by atoms with E-state index in [1.54, 1.807) is 30.6 Å². The van der Waals surface area contributed by atoms with Crippen LogP contribution < -0.4 is 11.1 Å². The molecule has 4 N–H and O–H groups in total. The number of nitrogens with one attached hydrogen (secondary N) is 2. The van der Waals surface area contributed by atoms with E-state index in [2.05, 4.69) is 24.0 Å². The molecule has 0 spiro atoms. The van der Waals surface area contributed by atoms with Crippen LogP contribution in [0.15, 0.2) is 42.0 Å². The van der Waals surface area contributed by atoms with Gasteiger partial charge in [0.25, 0.3) is 11.8 Å². The number of hydrogen-bond donors (Lipinski definition) is 3. The molecule has 4 aromatic heterocycles. The Morgan fingerprint density at radius 3 is 2.83 bits per heavy atom. The molecule has 9 nitrogen and oxygen atoms in total. The summed E-state index contributed by atoms with van der Waals surface area (Å²) in [6.07, 6.45) is 3.49. The fourth-order valence-electron chi connectivity index (χ4n) is 2.89. The molecular weight excluding hydrogens is 412 g/mol. The molecule has 1 unspecified atom stereocenters. The lowest BCUT2D eigenvalue weighted by atomic mass is 10.0. The molecule has 4 heterocycles. The van der Waals surface area contributed by atoms with Crippen molar-refractivity contribution in [2.24, 2.45) is 5.73 Å². The number of Topliss-reactive ketones (excluding diaryl/α,β-unsaturated/α-hetero) is 1. The maximum atomic E-state index is 12.8. The predicted molar refractivity (Wildman–Crippen MR) is 108 cm³/mol. The molecule has 4 aromatic rings. The average Bonchev–Trinajstić information content (AvgIpc) is 3.45. The van der Waals surface area contributed by atoms with Gasteiger partial charge < -0.3 is 16.0 Å². The van der Waals surface area contributed by atoms with Gasteiger partial charge in [0, 0.05) is 24.2 Å². The number of fused-ring (bicyclic) bond motifs is 1. The lowest BCUT2D eigenvalue weighted by Crippen LogP contribution is -2.47. The van der Waals surface area contributed by atoms with Gasteiger partial charge in [-0.2, -0.15) is 8.75 Å². The van der Waals surface area contributed by atoms with Crippen molar-refractivity contribution in [2.45, 2.75) is 12.5 Å². The molecule has 0 aliphatic rings. The van der Waals surface area contributed by atoms with Crippen LogP contribution >= 0.6 is 23.1 Å². The summed E-state index contributed by atoms with van der Waals surface area (Å²) in [5.41, 5.74) is 6.85. The van der Waals surface area contributed by atoms with E-state index in [1.807, 2.05) is 11.4 Å². The Labute approximate surface area is 172 Å². The summed E-state index contributed by atoms with van der Waals surface area (Å²) in [5, 5.41) is 5.39. The minimum Gasteiger partial charge on any atom is -0.363 e. The van der Waals surface area contributed by atoms with Gasteiger partial charge in [0.05, 0.1) is 22.3 Å². The van der Waals surface area contributed by atoms with Gasteiger partial charge in [0.1, 0.15) is 11.7 Å². The molecule has 0 bridgehead atoms. The van der Waals surface area contributed by atoms with E-state index in [1.165, 1.54) is 11.3 Å². The Balaban J connectivity index is 1.61. The Bertz CT molecular complexity index is 1200. The largest absolute Gasteiger partial charge is 0.363 e. The number of ketones is 1. The molecule has 0 aliphatic carbocycles. The highest BCUT2D eigenvalue weighted by molar-refractivity contribution is 7.17. The number of pyridine rings is 1. The summed E-state index contributed by atoms with van der Waals surface area (Å²) in [5.74, 6) is -2.62. The Morgan fingerprint density at radius 1 is 1.21 bits per heavy atom. The molecule has 29 heavy (non-hydrogen) atoms. The number of carbonyl (C=O) groups excluding carboxylic acids is 3. The molecule has 0 fully saturated rings. The van der Waals surface area contributed by atoms with Crippen LogP contribution in [-0.2, 0) is 16.0 Å². The van der Waals surface area contributed by atoms with Gasteiger partial charge in [0.2, 0.25) is 5.78 Å². The van der Waals surface area contributed by atoms with E-state index in [0.29, 0.717) is 11.4 Å². The number of thiophene rings is 1. The van der Waals surface area contributed by atoms with Crippen LogP contribution in [0.25, 0.3) is 21.6 Å². The number of hydrogen-bond acceptors (Lipinski definition) is 8. The topological polar surface area (TPSA) is 144 Å². The zero-order chi connectivity index (χ0) is 20.4. The fourth-order valence-corrected chi connectivity index (χ4v) is 4.39. The lowest BCUT2D eigenvalue weighted by Gasteiger charge is -2.15. The van der Waals surface area contributed by atoms with Crippen LogP contribution in [0.1, 0.15) is 16.1 Å². The minimum absolute atomic E-state index is 0.0353. The second-order valence-corrected chi connectivity index (χ2v) is 7.52. The first-order valence-corrected chi connectivity index (χ1v) is 10.1. The number of aromatic amines is 1. The van der Waals surface area contributed by atoms with Crippen molar-refractivity contribution < 1.29 is 14.4 Å². The first kappa shape index (κ1) is 18.9. The number of nitrogens with two attached hydrogens (primary N) is 1. The van der Waals surface area contributed by atoms with E-state index in [-0.39, 0.29) is 12.1 Å². The Kier molecular flexibility index (Phi) is 5.14. The molecule has 11 heteroatoms. The van der Waals surface area contributed by atoms with Gasteiger partial charge in [-0.05, 0) is 29.1 Å². The standard InChI is InChI=1S/C18H14N6O3S2/c19-16(26)15(25)12(7-9-8-28-18-10(9)4-6-21-18)22-17(27)14-13(23-29-24-14)11-3-1-2-5-20-11/h1-6,8,12,21H,7H2,(H2,19,26)(H,22,27). The van der Waals surface area contributed by atoms with Crippen LogP contribution in [-0.4, -0.2) is 42.4 Å². The lowest BCUT2D eigenvalue weighted by molar-refractivity contribution is -0.137. The van der Waals surface area contributed by atoms with Crippen molar-refractivity contribution in [2.75, 3.05) is 0 Å². The van der Waals surface area contributed by atoms with Crippen molar-refractivity contribution in [3.8, 4) is 11.4 Å². The SMILES string of the molecule is NC(=O)C(=O)C(Cc1csc2[nH]ccc12)NC(=O)c1nsnc1-c1ccccn1. The molecule has 0 aliphatic heterocycles. The number of H-pyrrole nitrogens is 1. The number of rotatable bonds is 7. The molecule has 2 amide bonds. The number of amides is 2. The van der Waals surface area contributed by atoms with Crippen LogP contribution in [0.4, 0.5) is 0 Å². The van der Waals surface area contributed by atoms with Gasteiger partial charge in [0.15, 0.2) is 5.69 Å². The minimum atomic E-state index is -1.12. The highest BCUT2D eigenvalue weighted by Gasteiger charge is 2.29. The first-order chi connectivity index (χ1) is 14.0. The third kappa shape index (κ3) is 3.77. The van der Waals surface area contributed by atoms with E-state index in [9.17, 15) is 14.4 Å². The predicted octanol–water partition coefficient (Wildman–Crippen LogP) is 1.54. The van der Waals surface area contributed by atoms with Gasteiger partial charge in [-0.1, -0.05) is 6.07 Å². The van der Waals surface area contributed by atoms with E-state index >= 15 is 0 Å². The molecule has 146 valence electrons. The number of aromatic nitrogens is 4. The number of nitrogens with zero attached hydrogens (tertiary/aromatic N) is 3. The van der Waals surface area contributed by atoms with Gasteiger partial charge in [-0.15, -0.1) is 11.3 Å². The van der Waals surface area contributed by atoms with Crippen LogP contribution in [0.3, 0.4) is 0 Å². The Morgan fingerprint density at radius 2 is 2.07 bits per heavy atom. The smallest absolute Gasteiger partial charge is 0.287 e. The molecule has 1 atom stereocenters. The fraction of sp³-hybridized carbons (Fsp3) is 0.111. The number of primary amides is 1. The summed E-state index contributed by atoms with van der Waals surface area (Å²) in [6.45, 7) is 0. The van der Waals surface area contributed by atoms with Crippen molar-refractivity contribution in [3.05, 3.63) is 53.3 Å². The highest BCUT2D eigenvalue weighted by Crippen LogP contribution is 2.26. The van der Waals surface area contributed by atoms with Gasteiger partial charge in [-0.25, -0.2) is 0 Å². The molecule has 0 saturated carbocycles. The van der Waals surface area contributed by atoms with E-state index in [0.717, 1.165) is 27.5 Å². The molecular formula is C18H14N6O3S2. The second-order valence-electron chi connectivity index (χ2n) is 6.12. The summed E-state index contributed by atoms with van der Waals surface area (Å²) < 4.78 is 8.17.